The fourth-order valence-corrected chi connectivity index (χ4v) is 2.19. The lowest BCUT2D eigenvalue weighted by Gasteiger charge is -2.21. The van der Waals surface area contributed by atoms with Gasteiger partial charge in [0.2, 0.25) is 0 Å². The van der Waals surface area contributed by atoms with Crippen molar-refractivity contribution in [2.75, 3.05) is 7.05 Å². The molecule has 1 N–H and O–H groups in total. The normalized spacial score (nSPS) is 14.5. The maximum absolute atomic E-state index is 6.12. The molecule has 0 aromatic heterocycles. The second-order valence-corrected chi connectivity index (χ2v) is 5.55. The Morgan fingerprint density at radius 2 is 2.18 bits per heavy atom. The van der Waals surface area contributed by atoms with E-state index in [1.54, 1.807) is 6.07 Å². The summed E-state index contributed by atoms with van der Waals surface area (Å²) >= 11 is 17.3. The number of nitrogens with one attached hydrogen (secondary N) is 1. The lowest BCUT2D eigenvalue weighted by molar-refractivity contribution is 0.488. The molecule has 0 saturated heterocycles. The second kappa shape index (κ2) is 5.42. The van der Waals surface area contributed by atoms with E-state index in [2.05, 4.69) is 5.32 Å². The van der Waals surface area contributed by atoms with Crippen LogP contribution in [0.15, 0.2) is 18.2 Å². The van der Waals surface area contributed by atoms with Gasteiger partial charge in [0.15, 0.2) is 5.11 Å². The van der Waals surface area contributed by atoms with Crippen LogP contribution in [-0.2, 0) is 6.54 Å². The van der Waals surface area contributed by atoms with Crippen molar-refractivity contribution in [1.29, 1.82) is 0 Å². The standard InChI is InChI=1S/C12H14Cl2N2S/c1-16(12(17)15-10-4-5-10)7-8-2-3-9(13)6-11(8)14/h2-3,6,10H,4-5,7H2,1H3,(H,15,17). The largest absolute Gasteiger partial charge is 0.360 e. The predicted molar refractivity (Wildman–Crippen MR) is 76.7 cm³/mol. The molecule has 0 bridgehead atoms. The average molecular weight is 289 g/mol. The zero-order valence-corrected chi connectivity index (χ0v) is 11.9. The molecule has 0 heterocycles. The summed E-state index contributed by atoms with van der Waals surface area (Å²) in [5, 5.41) is 5.40. The van der Waals surface area contributed by atoms with Crippen LogP contribution in [0, 0.1) is 0 Å². The molecular weight excluding hydrogens is 275 g/mol. The Kier molecular flexibility index (Phi) is 4.13. The Bertz CT molecular complexity index is 433. The van der Waals surface area contributed by atoms with E-state index in [0.29, 0.717) is 22.6 Å². The van der Waals surface area contributed by atoms with Gasteiger partial charge in [0.05, 0.1) is 0 Å². The van der Waals surface area contributed by atoms with Gasteiger partial charge in [0.1, 0.15) is 0 Å². The summed E-state index contributed by atoms with van der Waals surface area (Å²) in [7, 11) is 1.96. The van der Waals surface area contributed by atoms with Crippen LogP contribution in [0.2, 0.25) is 10.0 Å². The molecule has 1 aromatic rings. The molecule has 5 heteroatoms. The van der Waals surface area contributed by atoms with Crippen LogP contribution in [0.3, 0.4) is 0 Å². The van der Waals surface area contributed by atoms with E-state index in [9.17, 15) is 0 Å². The summed E-state index contributed by atoms with van der Waals surface area (Å²) in [6.07, 6.45) is 2.44. The zero-order valence-electron chi connectivity index (χ0n) is 9.54. The van der Waals surface area contributed by atoms with Crippen LogP contribution in [0.25, 0.3) is 0 Å². The summed E-state index contributed by atoms with van der Waals surface area (Å²) in [6.45, 7) is 0.689. The number of hydrogen-bond acceptors (Lipinski definition) is 1. The second-order valence-electron chi connectivity index (χ2n) is 4.32. The number of thiocarbonyl (C=S) groups is 1. The van der Waals surface area contributed by atoms with Crippen molar-refractivity contribution < 1.29 is 0 Å². The van der Waals surface area contributed by atoms with E-state index < -0.39 is 0 Å². The molecule has 1 aliphatic carbocycles. The van der Waals surface area contributed by atoms with E-state index in [1.165, 1.54) is 12.8 Å². The van der Waals surface area contributed by atoms with Crippen LogP contribution in [0.1, 0.15) is 18.4 Å². The van der Waals surface area contributed by atoms with E-state index >= 15 is 0 Å². The lowest BCUT2D eigenvalue weighted by Crippen LogP contribution is -2.37. The molecule has 0 unspecified atom stereocenters. The van der Waals surface area contributed by atoms with Crippen LogP contribution in [0.4, 0.5) is 0 Å². The molecule has 92 valence electrons. The topological polar surface area (TPSA) is 15.3 Å². The summed E-state index contributed by atoms with van der Waals surface area (Å²) in [6, 6.07) is 6.10. The molecule has 1 saturated carbocycles. The first-order valence-electron chi connectivity index (χ1n) is 5.52. The third kappa shape index (κ3) is 3.73. The highest BCUT2D eigenvalue weighted by atomic mass is 35.5. The van der Waals surface area contributed by atoms with Gasteiger partial charge in [0.25, 0.3) is 0 Å². The number of rotatable bonds is 3. The molecule has 0 atom stereocenters. The van der Waals surface area contributed by atoms with Gasteiger partial charge in [-0.1, -0.05) is 29.3 Å². The van der Waals surface area contributed by atoms with Gasteiger partial charge >= 0.3 is 0 Å². The molecule has 1 fully saturated rings. The lowest BCUT2D eigenvalue weighted by atomic mass is 10.2. The molecule has 0 spiro atoms. The minimum absolute atomic E-state index is 0.575. The first kappa shape index (κ1) is 12.9. The molecular formula is C12H14Cl2N2S. The Morgan fingerprint density at radius 1 is 1.47 bits per heavy atom. The van der Waals surface area contributed by atoms with Crippen molar-refractivity contribution in [2.24, 2.45) is 0 Å². The first-order valence-corrected chi connectivity index (χ1v) is 6.68. The predicted octanol–water partition coefficient (Wildman–Crippen LogP) is 3.46. The van der Waals surface area contributed by atoms with Crippen molar-refractivity contribution in [3.63, 3.8) is 0 Å². The number of hydrogen-bond donors (Lipinski definition) is 1. The van der Waals surface area contributed by atoms with Gasteiger partial charge in [-0.15, -0.1) is 0 Å². The quantitative estimate of drug-likeness (QED) is 0.858. The van der Waals surface area contributed by atoms with Crippen LogP contribution in [0.5, 0.6) is 0 Å². The molecule has 0 amide bonds. The van der Waals surface area contributed by atoms with Gasteiger partial charge in [-0.2, -0.15) is 0 Å². The van der Waals surface area contributed by atoms with E-state index in [1.807, 2.05) is 24.1 Å². The third-order valence-corrected chi connectivity index (χ3v) is 3.69. The molecule has 0 aliphatic heterocycles. The third-order valence-electron chi connectivity index (χ3n) is 2.67. The SMILES string of the molecule is CN(Cc1ccc(Cl)cc1Cl)C(=S)NC1CC1. The Hall–Kier alpha value is -0.510. The molecule has 17 heavy (non-hydrogen) atoms. The van der Waals surface area contributed by atoms with Gasteiger partial charge in [0, 0.05) is 29.7 Å². The van der Waals surface area contributed by atoms with Gasteiger partial charge in [-0.25, -0.2) is 0 Å². The zero-order chi connectivity index (χ0) is 12.4. The van der Waals surface area contributed by atoms with Crippen molar-refractivity contribution >= 4 is 40.5 Å². The monoisotopic (exact) mass is 288 g/mol. The van der Waals surface area contributed by atoms with Crippen LogP contribution >= 0.6 is 35.4 Å². The summed E-state index contributed by atoms with van der Waals surface area (Å²) in [5.74, 6) is 0. The van der Waals surface area contributed by atoms with Gasteiger partial charge in [-0.3, -0.25) is 0 Å². The summed E-state index contributed by atoms with van der Waals surface area (Å²) in [5.41, 5.74) is 1.03. The highest BCUT2D eigenvalue weighted by Crippen LogP contribution is 2.23. The minimum Gasteiger partial charge on any atom is -0.360 e. The smallest absolute Gasteiger partial charge is 0.169 e. The van der Waals surface area contributed by atoms with Crippen LogP contribution in [-0.4, -0.2) is 23.1 Å². The highest BCUT2D eigenvalue weighted by molar-refractivity contribution is 7.80. The van der Waals surface area contributed by atoms with Crippen LogP contribution < -0.4 is 5.32 Å². The minimum atomic E-state index is 0.575. The number of nitrogens with zero attached hydrogens (tertiary/aromatic N) is 1. The molecule has 2 rings (SSSR count). The molecule has 2 nitrogen and oxygen atoms in total. The molecule has 1 aromatic carbocycles. The molecule has 1 aliphatic rings. The van der Waals surface area contributed by atoms with Crippen molar-refractivity contribution in [1.82, 2.24) is 10.2 Å². The maximum atomic E-state index is 6.12. The summed E-state index contributed by atoms with van der Waals surface area (Å²) in [4.78, 5) is 1.99. The van der Waals surface area contributed by atoms with Crippen molar-refractivity contribution in [3.05, 3.63) is 33.8 Å². The Balaban J connectivity index is 1.96. The first-order chi connectivity index (χ1) is 8.06. The van der Waals surface area contributed by atoms with Gasteiger partial charge in [-0.05, 0) is 42.8 Å². The maximum Gasteiger partial charge on any atom is 0.169 e. The van der Waals surface area contributed by atoms with Gasteiger partial charge < -0.3 is 10.2 Å². The fraction of sp³-hybridized carbons (Fsp3) is 0.417. The summed E-state index contributed by atoms with van der Waals surface area (Å²) < 4.78 is 0. The number of halogens is 2. The fourth-order valence-electron chi connectivity index (χ4n) is 1.49. The van der Waals surface area contributed by atoms with E-state index in [-0.39, 0.29) is 0 Å². The number of benzene rings is 1. The highest BCUT2D eigenvalue weighted by Gasteiger charge is 2.23. The van der Waals surface area contributed by atoms with E-state index in [0.717, 1.165) is 10.7 Å². The van der Waals surface area contributed by atoms with Crippen molar-refractivity contribution in [2.45, 2.75) is 25.4 Å². The Morgan fingerprint density at radius 3 is 2.76 bits per heavy atom. The average Bonchev–Trinajstić information content (AvgIpc) is 3.06. The molecule has 0 radical (unpaired) electrons. The van der Waals surface area contributed by atoms with Crippen molar-refractivity contribution in [3.8, 4) is 0 Å². The van der Waals surface area contributed by atoms with E-state index in [4.69, 9.17) is 35.4 Å². The Labute approximate surface area is 117 Å².